The van der Waals surface area contributed by atoms with Crippen LogP contribution < -0.4 is 25.4 Å². The second kappa shape index (κ2) is 11.7. The molecule has 0 atom stereocenters. The largest absolute Gasteiger partial charge is 0.493 e. The molecule has 0 aliphatic carbocycles. The topological polar surface area (TPSA) is 87.3 Å². The fourth-order valence-corrected chi connectivity index (χ4v) is 2.15. The number of benzene rings is 2. The van der Waals surface area contributed by atoms with Crippen molar-refractivity contribution < 1.29 is 18.9 Å². The van der Waals surface area contributed by atoms with Crippen molar-refractivity contribution in [3.8, 4) is 17.2 Å². The predicted molar refractivity (Wildman–Crippen MR) is 109 cm³/mol. The van der Waals surface area contributed by atoms with Crippen LogP contribution in [0.3, 0.4) is 0 Å². The molecule has 7 nitrogen and oxygen atoms in total. The van der Waals surface area contributed by atoms with Gasteiger partial charge in [-0.1, -0.05) is 18.2 Å². The minimum Gasteiger partial charge on any atom is -0.493 e. The highest BCUT2D eigenvalue weighted by Crippen LogP contribution is 2.27. The minimum atomic E-state index is 0.104. The van der Waals surface area contributed by atoms with E-state index >= 15 is 0 Å². The summed E-state index contributed by atoms with van der Waals surface area (Å²) in [5, 5.41) is 4.01. The van der Waals surface area contributed by atoms with Crippen molar-refractivity contribution >= 4 is 23.5 Å². The van der Waals surface area contributed by atoms with Gasteiger partial charge in [-0.05, 0) is 48.1 Å². The second-order valence-electron chi connectivity index (χ2n) is 5.27. The summed E-state index contributed by atoms with van der Waals surface area (Å²) in [5.74, 6) is 2.05. The monoisotopic (exact) mass is 389 g/mol. The Morgan fingerprint density at radius 3 is 2.48 bits per heavy atom. The van der Waals surface area contributed by atoms with Crippen molar-refractivity contribution in [2.75, 3.05) is 33.5 Å². The Balaban J connectivity index is 1.68. The van der Waals surface area contributed by atoms with Gasteiger partial charge < -0.3 is 24.7 Å². The Morgan fingerprint density at radius 2 is 1.78 bits per heavy atom. The number of hydrogen-bond acceptors (Lipinski definition) is 6. The fraction of sp³-hybridized carbons (Fsp3) is 0.263. The van der Waals surface area contributed by atoms with E-state index in [1.807, 2.05) is 36.4 Å². The first-order valence-corrected chi connectivity index (χ1v) is 8.75. The van der Waals surface area contributed by atoms with Gasteiger partial charge in [0, 0.05) is 0 Å². The molecule has 2 aromatic carbocycles. The lowest BCUT2D eigenvalue weighted by Crippen LogP contribution is -2.23. The Bertz CT molecular complexity index is 741. The molecule has 0 aromatic heterocycles. The van der Waals surface area contributed by atoms with Crippen LogP contribution in [-0.2, 0) is 4.74 Å². The van der Waals surface area contributed by atoms with E-state index < -0.39 is 0 Å². The number of hydrazone groups is 1. The SMILES string of the molecule is COc1cc(/C=N\NC(N)=S)ccc1OCCOCCOc1ccccc1. The Hall–Kier alpha value is -2.84. The second-order valence-corrected chi connectivity index (χ2v) is 5.71. The molecule has 2 aromatic rings. The Kier molecular flexibility index (Phi) is 8.88. The van der Waals surface area contributed by atoms with Crippen LogP contribution in [-0.4, -0.2) is 44.9 Å². The molecule has 0 unspecified atom stereocenters. The van der Waals surface area contributed by atoms with Gasteiger partial charge in [0.15, 0.2) is 16.6 Å². The molecule has 0 saturated heterocycles. The highest BCUT2D eigenvalue weighted by Gasteiger charge is 2.05. The standard InChI is InChI=1S/C19H23N3O4S/c1-23-18-13-15(14-21-22-19(20)27)7-8-17(18)26-12-10-24-9-11-25-16-5-3-2-4-6-16/h2-8,13-14H,9-12H2,1H3,(H3,20,22,27)/b21-14-. The van der Waals surface area contributed by atoms with Crippen LogP contribution in [0.2, 0.25) is 0 Å². The third kappa shape index (κ3) is 7.93. The zero-order valence-electron chi connectivity index (χ0n) is 15.1. The lowest BCUT2D eigenvalue weighted by molar-refractivity contribution is 0.0757. The van der Waals surface area contributed by atoms with Crippen LogP contribution in [0.15, 0.2) is 53.6 Å². The van der Waals surface area contributed by atoms with Gasteiger partial charge in [0.1, 0.15) is 19.0 Å². The van der Waals surface area contributed by atoms with E-state index in [2.05, 4.69) is 22.7 Å². The molecule has 144 valence electrons. The average Bonchev–Trinajstić information content (AvgIpc) is 2.68. The maximum atomic E-state index is 5.70. The lowest BCUT2D eigenvalue weighted by atomic mass is 10.2. The summed E-state index contributed by atoms with van der Waals surface area (Å²) in [5.41, 5.74) is 8.62. The van der Waals surface area contributed by atoms with Gasteiger partial charge in [-0.3, -0.25) is 5.43 Å². The first-order valence-electron chi connectivity index (χ1n) is 8.34. The zero-order valence-corrected chi connectivity index (χ0v) is 15.9. The van der Waals surface area contributed by atoms with E-state index in [4.69, 9.17) is 24.7 Å². The van der Waals surface area contributed by atoms with E-state index in [1.165, 1.54) is 0 Å². The maximum absolute atomic E-state index is 5.70. The number of nitrogens with one attached hydrogen (secondary N) is 1. The molecule has 0 spiro atoms. The third-order valence-corrected chi connectivity index (χ3v) is 3.39. The molecule has 8 heteroatoms. The Labute approximate surface area is 164 Å². The molecule has 0 fully saturated rings. The van der Waals surface area contributed by atoms with E-state index in [1.54, 1.807) is 25.5 Å². The summed E-state index contributed by atoms with van der Waals surface area (Å²) in [7, 11) is 1.58. The minimum absolute atomic E-state index is 0.104. The number of nitrogens with two attached hydrogens (primary N) is 1. The normalized spacial score (nSPS) is 10.6. The van der Waals surface area contributed by atoms with Crippen LogP contribution in [0.1, 0.15) is 5.56 Å². The number of para-hydroxylation sites is 1. The summed E-state index contributed by atoms with van der Waals surface area (Å²) in [6.45, 7) is 1.82. The Morgan fingerprint density at radius 1 is 1.04 bits per heavy atom. The highest BCUT2D eigenvalue weighted by atomic mass is 32.1. The van der Waals surface area contributed by atoms with Gasteiger partial charge in [0.25, 0.3) is 0 Å². The van der Waals surface area contributed by atoms with Crippen molar-refractivity contribution in [1.82, 2.24) is 5.43 Å². The molecule has 0 bridgehead atoms. The molecule has 0 amide bonds. The van der Waals surface area contributed by atoms with Crippen molar-refractivity contribution in [3.05, 3.63) is 54.1 Å². The summed E-state index contributed by atoms with van der Waals surface area (Å²) >= 11 is 4.68. The zero-order chi connectivity index (χ0) is 19.3. The molecule has 27 heavy (non-hydrogen) atoms. The third-order valence-electron chi connectivity index (χ3n) is 3.30. The fourth-order valence-electron chi connectivity index (χ4n) is 2.10. The van der Waals surface area contributed by atoms with E-state index in [-0.39, 0.29) is 5.11 Å². The summed E-state index contributed by atoms with van der Waals surface area (Å²) in [4.78, 5) is 0. The molecule has 0 saturated carbocycles. The van der Waals surface area contributed by atoms with Gasteiger partial charge in [-0.15, -0.1) is 0 Å². The maximum Gasteiger partial charge on any atom is 0.184 e. The number of thiocarbonyl (C=S) groups is 1. The average molecular weight is 389 g/mol. The van der Waals surface area contributed by atoms with Crippen LogP contribution in [0, 0.1) is 0 Å². The molecule has 0 radical (unpaired) electrons. The number of nitrogens with zero attached hydrogens (tertiary/aromatic N) is 1. The number of ether oxygens (including phenoxy) is 4. The summed E-state index contributed by atoms with van der Waals surface area (Å²) in [6, 6.07) is 15.1. The molecular formula is C19H23N3O4S. The summed E-state index contributed by atoms with van der Waals surface area (Å²) in [6.07, 6.45) is 1.58. The van der Waals surface area contributed by atoms with Crippen LogP contribution >= 0.6 is 12.2 Å². The number of rotatable bonds is 11. The van der Waals surface area contributed by atoms with Crippen LogP contribution in [0.25, 0.3) is 0 Å². The molecular weight excluding hydrogens is 366 g/mol. The van der Waals surface area contributed by atoms with Gasteiger partial charge in [-0.25, -0.2) is 0 Å². The quantitative estimate of drug-likeness (QED) is 0.264. The smallest absolute Gasteiger partial charge is 0.184 e. The van der Waals surface area contributed by atoms with E-state index in [0.717, 1.165) is 11.3 Å². The molecule has 0 heterocycles. The van der Waals surface area contributed by atoms with Crippen molar-refractivity contribution in [2.45, 2.75) is 0 Å². The number of hydrogen-bond donors (Lipinski definition) is 2. The highest BCUT2D eigenvalue weighted by molar-refractivity contribution is 7.80. The van der Waals surface area contributed by atoms with Crippen LogP contribution in [0.4, 0.5) is 0 Å². The van der Waals surface area contributed by atoms with Gasteiger partial charge in [0.05, 0.1) is 26.5 Å². The number of methoxy groups -OCH3 is 1. The van der Waals surface area contributed by atoms with E-state index in [0.29, 0.717) is 37.9 Å². The lowest BCUT2D eigenvalue weighted by Gasteiger charge is -2.12. The van der Waals surface area contributed by atoms with Crippen molar-refractivity contribution in [1.29, 1.82) is 0 Å². The molecule has 0 aliphatic heterocycles. The predicted octanol–water partition coefficient (Wildman–Crippen LogP) is 2.34. The van der Waals surface area contributed by atoms with Crippen LogP contribution in [0.5, 0.6) is 17.2 Å². The van der Waals surface area contributed by atoms with Gasteiger partial charge in [0.2, 0.25) is 0 Å². The first-order chi connectivity index (χ1) is 13.2. The molecule has 2 rings (SSSR count). The molecule has 0 aliphatic rings. The first kappa shape index (κ1) is 20.5. The van der Waals surface area contributed by atoms with Crippen molar-refractivity contribution in [2.24, 2.45) is 10.8 Å². The van der Waals surface area contributed by atoms with Crippen molar-refractivity contribution in [3.63, 3.8) is 0 Å². The van der Waals surface area contributed by atoms with Gasteiger partial charge >= 0.3 is 0 Å². The van der Waals surface area contributed by atoms with E-state index in [9.17, 15) is 0 Å². The molecule has 3 N–H and O–H groups in total. The van der Waals surface area contributed by atoms with Gasteiger partial charge in [-0.2, -0.15) is 5.10 Å². The summed E-state index contributed by atoms with van der Waals surface area (Å²) < 4.78 is 22.1.